The van der Waals surface area contributed by atoms with Crippen LogP contribution < -0.4 is 10.6 Å². The van der Waals surface area contributed by atoms with Crippen molar-refractivity contribution in [1.29, 1.82) is 0 Å². The molecule has 6 rings (SSSR count). The number of aldehydes is 1. The number of rotatable bonds is 8. The van der Waals surface area contributed by atoms with Crippen molar-refractivity contribution in [3.63, 3.8) is 0 Å². The maximum Gasteiger partial charge on any atom is 0.229 e. The number of fused-ring (bicyclic) bond motifs is 1. The highest BCUT2D eigenvalue weighted by Gasteiger charge is 2.47. The van der Waals surface area contributed by atoms with Gasteiger partial charge in [0.1, 0.15) is 11.5 Å². The molecule has 2 aliphatic rings. The highest BCUT2D eigenvalue weighted by atomic mass is 16.2. The quantitative estimate of drug-likeness (QED) is 0.211. The predicted molar refractivity (Wildman–Crippen MR) is 168 cm³/mol. The molecular weight excluding hydrogens is 542 g/mol. The Kier molecular flexibility index (Phi) is 9.46. The molecule has 4 heterocycles. The Balaban J connectivity index is 0.000000176. The fraction of sp³-hybridized carbons (Fsp3) is 0.364. The van der Waals surface area contributed by atoms with Gasteiger partial charge in [0.25, 0.3) is 0 Å². The number of hydrogen-bond donors (Lipinski definition) is 3. The number of carbonyl (C=O) groups excluding carboxylic acids is 3. The Hall–Kier alpha value is -4.57. The smallest absolute Gasteiger partial charge is 0.229 e. The Labute approximate surface area is 251 Å². The normalized spacial score (nSPS) is 16.1. The van der Waals surface area contributed by atoms with Crippen LogP contribution in [0.1, 0.15) is 42.2 Å². The Morgan fingerprint density at radius 3 is 2.33 bits per heavy atom. The Morgan fingerprint density at radius 1 is 0.977 bits per heavy atom. The Bertz CT molecular complexity index is 1550. The average Bonchev–Trinajstić information content (AvgIpc) is 3.59. The van der Waals surface area contributed by atoms with Crippen LogP contribution in [-0.4, -0.2) is 82.6 Å². The fourth-order valence-corrected chi connectivity index (χ4v) is 5.72. The lowest BCUT2D eigenvalue weighted by Gasteiger charge is -2.36. The van der Waals surface area contributed by atoms with Crippen molar-refractivity contribution in [3.8, 4) is 11.4 Å². The number of amides is 2. The van der Waals surface area contributed by atoms with Gasteiger partial charge in [-0.15, -0.1) is 0 Å². The zero-order valence-corrected chi connectivity index (χ0v) is 24.8. The maximum atomic E-state index is 12.7. The minimum atomic E-state index is -0.0838. The van der Waals surface area contributed by atoms with Gasteiger partial charge in [-0.3, -0.25) is 14.4 Å². The topological polar surface area (TPSA) is 123 Å². The van der Waals surface area contributed by atoms with Gasteiger partial charge in [0.2, 0.25) is 11.8 Å². The summed E-state index contributed by atoms with van der Waals surface area (Å²) in [4.78, 5) is 51.1. The number of aromatic nitrogens is 3. The molecule has 0 atom stereocenters. The van der Waals surface area contributed by atoms with Gasteiger partial charge in [-0.1, -0.05) is 60.7 Å². The van der Waals surface area contributed by atoms with E-state index < -0.39 is 0 Å². The summed E-state index contributed by atoms with van der Waals surface area (Å²) in [5.74, 6) is 1.49. The number of carbonyl (C=O) groups is 3. The number of benzene rings is 2. The number of anilines is 1. The summed E-state index contributed by atoms with van der Waals surface area (Å²) < 4.78 is 0. The summed E-state index contributed by atoms with van der Waals surface area (Å²) in [7, 11) is 2.15. The molecule has 2 aromatic carbocycles. The van der Waals surface area contributed by atoms with Crippen molar-refractivity contribution in [1.82, 2.24) is 30.1 Å². The molecule has 10 heteroatoms. The van der Waals surface area contributed by atoms with Crippen molar-refractivity contribution in [2.45, 2.75) is 32.7 Å². The van der Waals surface area contributed by atoms with E-state index in [1.807, 2.05) is 48.5 Å². The van der Waals surface area contributed by atoms with Crippen LogP contribution in [0, 0.1) is 5.41 Å². The van der Waals surface area contributed by atoms with Crippen molar-refractivity contribution in [3.05, 3.63) is 78.0 Å². The number of nitrogens with one attached hydrogen (secondary N) is 3. The lowest BCUT2D eigenvalue weighted by Crippen LogP contribution is -2.43. The van der Waals surface area contributed by atoms with Gasteiger partial charge in [-0.25, -0.2) is 9.97 Å². The van der Waals surface area contributed by atoms with E-state index in [0.29, 0.717) is 42.0 Å². The minimum Gasteiger partial charge on any atom is -0.368 e. The van der Waals surface area contributed by atoms with Crippen LogP contribution in [0.2, 0.25) is 0 Å². The van der Waals surface area contributed by atoms with Crippen LogP contribution in [0.15, 0.2) is 66.7 Å². The molecule has 2 aliphatic heterocycles. The van der Waals surface area contributed by atoms with E-state index in [9.17, 15) is 14.4 Å². The second-order valence-corrected chi connectivity index (χ2v) is 11.3. The van der Waals surface area contributed by atoms with E-state index in [4.69, 9.17) is 0 Å². The van der Waals surface area contributed by atoms with Gasteiger partial charge in [0.15, 0.2) is 12.1 Å². The standard InChI is InChI=1S/C17H17N5O2.C16H22N2O/c1-11(24)18-7-8-19-16-14-9-13(10-23)20-17(14)22-15(21-16)12-5-3-2-4-6-12;1-17-10-7-16(8-11-17)9-12-18(15(16)19)13-14-5-3-2-4-6-14/h2-6,9-10H,7-8H2,1H3,(H,18,24)(H2,19,20,21,22);2-6H,7-13H2,1H3. The average molecular weight is 582 g/mol. The molecule has 2 fully saturated rings. The van der Waals surface area contributed by atoms with Crippen LogP contribution in [-0.2, 0) is 16.1 Å². The molecular formula is C33H39N7O3. The number of nitrogens with zero attached hydrogens (tertiary/aromatic N) is 4. The highest BCUT2D eigenvalue weighted by Crippen LogP contribution is 2.41. The molecule has 0 saturated carbocycles. The Morgan fingerprint density at radius 2 is 1.65 bits per heavy atom. The number of likely N-dealkylation sites (tertiary alicyclic amines) is 2. The first-order chi connectivity index (χ1) is 20.9. The fourth-order valence-electron chi connectivity index (χ4n) is 5.72. The van der Waals surface area contributed by atoms with E-state index in [0.717, 1.165) is 62.7 Å². The van der Waals surface area contributed by atoms with Crippen molar-refractivity contribution < 1.29 is 14.4 Å². The van der Waals surface area contributed by atoms with Crippen LogP contribution in [0.4, 0.5) is 5.82 Å². The molecule has 0 aliphatic carbocycles. The summed E-state index contributed by atoms with van der Waals surface area (Å²) in [6, 6.07) is 21.6. The van der Waals surface area contributed by atoms with E-state index in [1.54, 1.807) is 6.07 Å². The molecule has 0 bridgehead atoms. The maximum absolute atomic E-state index is 12.7. The zero-order chi connectivity index (χ0) is 30.2. The van der Waals surface area contributed by atoms with Gasteiger partial charge in [0, 0.05) is 38.7 Å². The summed E-state index contributed by atoms with van der Waals surface area (Å²) >= 11 is 0. The molecule has 43 heavy (non-hydrogen) atoms. The summed E-state index contributed by atoms with van der Waals surface area (Å²) in [5, 5.41) is 6.64. The van der Waals surface area contributed by atoms with Crippen molar-refractivity contribution >= 4 is 35.0 Å². The van der Waals surface area contributed by atoms with Crippen molar-refractivity contribution in [2.75, 3.05) is 45.1 Å². The number of piperidine rings is 1. The third-order valence-electron chi connectivity index (χ3n) is 8.22. The van der Waals surface area contributed by atoms with Gasteiger partial charge in [-0.2, -0.15) is 0 Å². The number of hydrogen-bond acceptors (Lipinski definition) is 7. The van der Waals surface area contributed by atoms with E-state index in [1.165, 1.54) is 12.5 Å². The lowest BCUT2D eigenvalue weighted by molar-refractivity contribution is -0.138. The molecule has 224 valence electrons. The van der Waals surface area contributed by atoms with Crippen LogP contribution in [0.5, 0.6) is 0 Å². The largest absolute Gasteiger partial charge is 0.368 e. The van der Waals surface area contributed by atoms with Gasteiger partial charge in [0.05, 0.1) is 16.5 Å². The van der Waals surface area contributed by atoms with Gasteiger partial charge >= 0.3 is 0 Å². The molecule has 0 radical (unpaired) electrons. The third-order valence-corrected chi connectivity index (χ3v) is 8.22. The molecule has 10 nitrogen and oxygen atoms in total. The van der Waals surface area contributed by atoms with Crippen LogP contribution in [0.3, 0.4) is 0 Å². The molecule has 2 amide bonds. The molecule has 4 aromatic rings. The summed E-state index contributed by atoms with van der Waals surface area (Å²) in [6.07, 6.45) is 3.86. The molecule has 2 saturated heterocycles. The number of aromatic amines is 1. The first kappa shape index (κ1) is 29.9. The SMILES string of the molecule is CC(=O)NCCNc1nc(-c2ccccc2)nc2[nH]c(C=O)cc12.CN1CCC2(CC1)CCN(Cc1ccccc1)C2=O. The van der Waals surface area contributed by atoms with Crippen LogP contribution in [0.25, 0.3) is 22.4 Å². The molecule has 2 aromatic heterocycles. The van der Waals surface area contributed by atoms with E-state index in [-0.39, 0.29) is 11.3 Å². The molecule has 3 N–H and O–H groups in total. The summed E-state index contributed by atoms with van der Waals surface area (Å²) in [6.45, 7) is 6.29. The van der Waals surface area contributed by atoms with E-state index in [2.05, 4.69) is 54.6 Å². The molecule has 1 spiro atoms. The first-order valence-corrected chi connectivity index (χ1v) is 14.8. The highest BCUT2D eigenvalue weighted by molar-refractivity contribution is 5.93. The molecule has 0 unspecified atom stereocenters. The monoisotopic (exact) mass is 581 g/mol. The predicted octanol–water partition coefficient (Wildman–Crippen LogP) is 4.12. The first-order valence-electron chi connectivity index (χ1n) is 14.8. The van der Waals surface area contributed by atoms with Gasteiger partial charge < -0.3 is 25.4 Å². The van der Waals surface area contributed by atoms with Gasteiger partial charge in [-0.05, 0) is 51.0 Å². The second kappa shape index (κ2) is 13.6. The number of H-pyrrole nitrogens is 1. The minimum absolute atomic E-state index is 0.0404. The van der Waals surface area contributed by atoms with Crippen LogP contribution >= 0.6 is 0 Å². The third kappa shape index (κ3) is 7.26. The second-order valence-electron chi connectivity index (χ2n) is 11.3. The lowest BCUT2D eigenvalue weighted by atomic mass is 9.77. The summed E-state index contributed by atoms with van der Waals surface area (Å²) in [5.41, 5.74) is 3.11. The van der Waals surface area contributed by atoms with Crippen molar-refractivity contribution in [2.24, 2.45) is 5.41 Å². The van der Waals surface area contributed by atoms with E-state index >= 15 is 0 Å². The zero-order valence-electron chi connectivity index (χ0n) is 24.8.